The third kappa shape index (κ3) is 9.78. The normalized spacial score (nSPS) is 49.2. The van der Waals surface area contributed by atoms with Crippen molar-refractivity contribution < 1.29 is 132 Å². The summed E-state index contributed by atoms with van der Waals surface area (Å²) in [7, 11) is -12.4. The molecule has 4 aliphatic rings. The molecule has 0 aliphatic carbocycles. The first-order valence-corrected chi connectivity index (χ1v) is 18.5. The van der Waals surface area contributed by atoms with Crippen LogP contribution in [0.4, 0.5) is 0 Å². The third-order valence-electron chi connectivity index (χ3n) is 8.53. The number of hydrogen-bond donors (Lipinski definition) is 16. The largest absolute Gasteiger partial charge is 0.488 e. The Morgan fingerprint density at radius 1 is 0.340 bits per heavy atom. The average molecular weight is 827 g/mol. The van der Waals surface area contributed by atoms with Gasteiger partial charge < -0.3 is 101 Å². The summed E-state index contributed by atoms with van der Waals surface area (Å²) < 4.78 is 74.7. The molecule has 20 atom stereocenters. The highest BCUT2D eigenvalue weighted by Crippen LogP contribution is 2.69. The Hall–Kier alpha value is -0.540. The van der Waals surface area contributed by atoms with Crippen LogP contribution in [0.25, 0.3) is 0 Å². The summed E-state index contributed by atoms with van der Waals surface area (Å²) in [5.74, 6) is 0. The highest BCUT2D eigenvalue weighted by molar-refractivity contribution is 7.62. The molecule has 0 amide bonds. The van der Waals surface area contributed by atoms with E-state index in [9.17, 15) is 90.8 Å². The molecular weight excluding hydrogens is 782 g/mol. The molecule has 4 unspecified atom stereocenters. The predicted octanol–water partition coefficient (Wildman–Crippen LogP) is -9.51. The summed E-state index contributed by atoms with van der Waals surface area (Å²) in [4.78, 5) is 0. The van der Waals surface area contributed by atoms with Gasteiger partial charge >= 0.3 is 15.6 Å². The van der Waals surface area contributed by atoms with Crippen LogP contribution in [-0.4, -0.2) is 231 Å². The maximum absolute atomic E-state index is 14.5. The van der Waals surface area contributed by atoms with E-state index >= 15 is 0 Å². The summed E-state index contributed by atoms with van der Waals surface area (Å²) in [5.41, 5.74) is 0. The number of ether oxygens (including phenoxy) is 4. The Morgan fingerprint density at radius 3 is 0.698 bits per heavy atom. The Morgan fingerprint density at radius 2 is 0.528 bits per heavy atom. The van der Waals surface area contributed by atoms with Crippen LogP contribution in [0.5, 0.6) is 0 Å². The molecule has 0 radical (unpaired) electrons. The summed E-state index contributed by atoms with van der Waals surface area (Å²) >= 11 is 0. The quantitative estimate of drug-likeness (QED) is 0.0723. The van der Waals surface area contributed by atoms with E-state index in [1.54, 1.807) is 0 Å². The van der Waals surface area contributed by atoms with Gasteiger partial charge in [0.05, 0.1) is 26.4 Å². The predicted molar refractivity (Wildman–Crippen MR) is 156 cm³/mol. The second kappa shape index (κ2) is 18.4. The fourth-order valence-corrected chi connectivity index (χ4v) is 8.79. The lowest BCUT2D eigenvalue weighted by Crippen LogP contribution is -2.60. The zero-order chi connectivity index (χ0) is 39.7. The molecule has 0 aromatic rings. The fraction of sp³-hybridized carbons (Fsp3) is 1.00. The number of aliphatic hydroxyl groups excluding tert-OH is 16. The standard InChI is InChI=1S/C24H44O27P2/c25-1-5-9(29)13(33)17(37)21(43-5)47-52(41,48-22-18(38)14(34)10(30)6(2-26)44-22)51-53(42,49-23-19(39)15(35)11(31)7(3-27)45-23)50-24-20(40)16(36)12(32)8(4-28)46-24/h5-40H,1-4H2/t5-,6-,7-,8-,9+,10+,11+,12+,13-,14-,15-,16-,17+,18+,19+,20+,21?,22?,23?,24?,52?,53?/m1/s1. The van der Waals surface area contributed by atoms with Crippen LogP contribution in [-0.2, 0) is 50.5 Å². The number of phosphoric ester groups is 2. The Balaban J connectivity index is 1.78. The minimum atomic E-state index is -6.22. The number of aliphatic hydroxyl groups is 16. The molecular formula is C24H44O27P2. The number of phosphoric acid groups is 2. The number of hydrogen-bond acceptors (Lipinski definition) is 27. The van der Waals surface area contributed by atoms with Crippen molar-refractivity contribution in [1.29, 1.82) is 0 Å². The summed E-state index contributed by atoms with van der Waals surface area (Å²) in [5, 5.41) is 162. The van der Waals surface area contributed by atoms with Gasteiger partial charge in [0.25, 0.3) is 0 Å². The maximum Gasteiger partial charge on any atom is 0.488 e. The van der Waals surface area contributed by atoms with Crippen molar-refractivity contribution in [2.75, 3.05) is 26.4 Å². The molecule has 53 heavy (non-hydrogen) atoms. The lowest BCUT2D eigenvalue weighted by molar-refractivity contribution is -0.300. The van der Waals surface area contributed by atoms with Crippen molar-refractivity contribution in [2.24, 2.45) is 0 Å². The molecule has 16 N–H and O–H groups in total. The molecule has 312 valence electrons. The zero-order valence-electron chi connectivity index (χ0n) is 26.9. The lowest BCUT2D eigenvalue weighted by Gasteiger charge is -2.44. The molecule has 4 heterocycles. The Bertz CT molecular complexity index is 1080. The van der Waals surface area contributed by atoms with Gasteiger partial charge in [-0.1, -0.05) is 0 Å². The smallest absolute Gasteiger partial charge is 0.394 e. The van der Waals surface area contributed by atoms with Gasteiger partial charge in [0.15, 0.2) is 25.2 Å². The maximum atomic E-state index is 14.5. The monoisotopic (exact) mass is 826 g/mol. The van der Waals surface area contributed by atoms with Crippen molar-refractivity contribution >= 4 is 15.6 Å². The van der Waals surface area contributed by atoms with Crippen molar-refractivity contribution in [1.82, 2.24) is 0 Å². The minimum Gasteiger partial charge on any atom is -0.394 e. The average Bonchev–Trinajstić information content (AvgIpc) is 3.12. The van der Waals surface area contributed by atoms with Gasteiger partial charge in [-0.3, -0.25) is 18.1 Å². The molecule has 4 saturated heterocycles. The van der Waals surface area contributed by atoms with Crippen LogP contribution in [0.1, 0.15) is 0 Å². The number of rotatable bonds is 14. The van der Waals surface area contributed by atoms with E-state index < -0.39 is 165 Å². The van der Waals surface area contributed by atoms with E-state index in [0.29, 0.717) is 0 Å². The lowest BCUT2D eigenvalue weighted by atomic mass is 9.99. The molecule has 27 nitrogen and oxygen atoms in total. The Kier molecular flexibility index (Phi) is 15.7. The van der Waals surface area contributed by atoms with Gasteiger partial charge in [-0.15, -0.1) is 0 Å². The molecule has 0 saturated carbocycles. The zero-order valence-corrected chi connectivity index (χ0v) is 28.7. The Labute approximate surface area is 297 Å². The first kappa shape index (κ1) is 45.2. The summed E-state index contributed by atoms with van der Waals surface area (Å²) in [6.07, 6.45) is -44.3. The molecule has 0 bridgehead atoms. The van der Waals surface area contributed by atoms with Crippen LogP contribution >= 0.6 is 15.6 Å². The third-order valence-corrected chi connectivity index (χ3v) is 12.0. The van der Waals surface area contributed by atoms with Crippen molar-refractivity contribution in [3.8, 4) is 0 Å². The van der Waals surface area contributed by atoms with E-state index in [2.05, 4.69) is 0 Å². The molecule has 4 rings (SSSR count). The first-order chi connectivity index (χ1) is 24.7. The summed E-state index contributed by atoms with van der Waals surface area (Å²) in [6, 6.07) is 0. The van der Waals surface area contributed by atoms with Crippen molar-refractivity contribution in [3.05, 3.63) is 0 Å². The van der Waals surface area contributed by atoms with Crippen LogP contribution in [0.15, 0.2) is 0 Å². The minimum absolute atomic E-state index is 1.09. The molecule has 0 aromatic heterocycles. The highest BCUT2D eigenvalue weighted by Gasteiger charge is 2.57. The van der Waals surface area contributed by atoms with E-state index in [-0.39, 0.29) is 0 Å². The van der Waals surface area contributed by atoms with E-state index in [0.717, 1.165) is 0 Å². The van der Waals surface area contributed by atoms with E-state index in [1.165, 1.54) is 0 Å². The van der Waals surface area contributed by atoms with E-state index in [4.69, 9.17) is 41.4 Å². The molecule has 0 aromatic carbocycles. The molecule has 29 heteroatoms. The summed E-state index contributed by atoms with van der Waals surface area (Å²) in [6.45, 7) is -4.38. The fourth-order valence-electron chi connectivity index (χ4n) is 5.38. The van der Waals surface area contributed by atoms with Crippen molar-refractivity contribution in [2.45, 2.75) is 123 Å². The van der Waals surface area contributed by atoms with Gasteiger partial charge in [0.2, 0.25) is 0 Å². The van der Waals surface area contributed by atoms with Gasteiger partial charge in [0.1, 0.15) is 97.7 Å². The molecule has 4 aliphatic heterocycles. The second-order valence-corrected chi connectivity index (χ2v) is 15.5. The van der Waals surface area contributed by atoms with Gasteiger partial charge in [-0.25, -0.2) is 9.13 Å². The molecule has 0 spiro atoms. The van der Waals surface area contributed by atoms with Crippen LogP contribution < -0.4 is 0 Å². The molecule has 4 fully saturated rings. The van der Waals surface area contributed by atoms with Crippen LogP contribution in [0.3, 0.4) is 0 Å². The van der Waals surface area contributed by atoms with Gasteiger partial charge in [-0.05, 0) is 0 Å². The highest BCUT2D eigenvalue weighted by atomic mass is 31.3. The van der Waals surface area contributed by atoms with Gasteiger partial charge in [-0.2, -0.15) is 4.31 Å². The van der Waals surface area contributed by atoms with Gasteiger partial charge in [0, 0.05) is 0 Å². The van der Waals surface area contributed by atoms with Crippen LogP contribution in [0.2, 0.25) is 0 Å². The van der Waals surface area contributed by atoms with Crippen LogP contribution in [0, 0.1) is 0 Å². The van der Waals surface area contributed by atoms with E-state index in [1.807, 2.05) is 0 Å². The first-order valence-electron chi connectivity index (χ1n) is 15.6. The SMILES string of the molecule is O=P(OC1O[C@H](CO)[C@H](O)[C@@H](O)[C@@H]1O)(OC1O[C@H](CO)[C@H](O)[C@@H](O)[C@@H]1O)OP(=O)(OC1O[C@H](CO)[C@H](O)[C@@H](O)[C@@H]1O)OC1O[C@H](CO)[C@H](O)[C@@H](O)[C@@H]1O. The topological polar surface area (TPSA) is 441 Å². The van der Waals surface area contributed by atoms with Crippen molar-refractivity contribution in [3.63, 3.8) is 0 Å². The second-order valence-electron chi connectivity index (χ2n) is 12.2.